The van der Waals surface area contributed by atoms with Gasteiger partial charge in [0, 0.05) is 59.7 Å². The number of carboxylic acid groups (broad SMARTS) is 3. The van der Waals surface area contributed by atoms with Crippen LogP contribution in [0.1, 0.15) is 48.0 Å². The molecule has 0 unspecified atom stereocenters. The molecule has 0 aromatic rings. The topological polar surface area (TPSA) is 178 Å². The van der Waals surface area contributed by atoms with E-state index in [4.69, 9.17) is 48.7 Å². The molecule has 0 aromatic carbocycles. The maximum atomic E-state index is 9.00. The van der Waals surface area contributed by atoms with Crippen molar-refractivity contribution in [2.24, 2.45) is 5.73 Å². The summed E-state index contributed by atoms with van der Waals surface area (Å²) < 4.78 is 17.3. The average Bonchev–Trinajstić information content (AvgIpc) is 2.54. The maximum Gasteiger partial charge on any atom is 0.500 e. The summed E-state index contributed by atoms with van der Waals surface area (Å²) in [7, 11) is -2.43. The standard InChI is InChI=1S/C11H28N2O3Si.3C2H4O2/c1-4-14-17(15-5-2,16-6-3)11-7-9-13-10-8-12;3*1-2(3)4/h13H,4-12H2,1-3H3;3*1H3,(H,3,4). The highest BCUT2D eigenvalue weighted by atomic mass is 28.4. The molecule has 12 heteroatoms. The Labute approximate surface area is 174 Å². The van der Waals surface area contributed by atoms with Crippen LogP contribution in [-0.2, 0) is 27.7 Å². The second-order valence-corrected chi connectivity index (χ2v) is 7.91. The lowest BCUT2D eigenvalue weighted by Crippen LogP contribution is -2.46. The van der Waals surface area contributed by atoms with E-state index in [1.54, 1.807) is 0 Å². The van der Waals surface area contributed by atoms with Crippen molar-refractivity contribution >= 4 is 26.7 Å². The van der Waals surface area contributed by atoms with E-state index in [2.05, 4.69) is 5.32 Å². The normalized spacial score (nSPS) is 9.62. The molecule has 0 heterocycles. The van der Waals surface area contributed by atoms with E-state index in [9.17, 15) is 0 Å². The molecule has 0 saturated carbocycles. The third-order valence-corrected chi connectivity index (χ3v) is 5.40. The van der Waals surface area contributed by atoms with Gasteiger partial charge in [0.15, 0.2) is 0 Å². The summed E-state index contributed by atoms with van der Waals surface area (Å²) in [4.78, 5) is 27.0. The zero-order valence-corrected chi connectivity index (χ0v) is 19.5. The van der Waals surface area contributed by atoms with E-state index in [1.165, 1.54) is 0 Å². The number of carbonyl (C=O) groups is 3. The van der Waals surface area contributed by atoms with Gasteiger partial charge in [-0.15, -0.1) is 0 Å². The molecule has 176 valence electrons. The number of hydrogen-bond acceptors (Lipinski definition) is 8. The predicted molar refractivity (Wildman–Crippen MR) is 112 cm³/mol. The highest BCUT2D eigenvalue weighted by Gasteiger charge is 2.39. The number of nitrogens with two attached hydrogens (primary N) is 1. The van der Waals surface area contributed by atoms with Crippen molar-refractivity contribution in [3.8, 4) is 0 Å². The van der Waals surface area contributed by atoms with Crippen LogP contribution in [0.4, 0.5) is 0 Å². The van der Waals surface area contributed by atoms with Gasteiger partial charge in [-0.1, -0.05) is 0 Å². The van der Waals surface area contributed by atoms with Crippen molar-refractivity contribution in [1.82, 2.24) is 5.32 Å². The fraction of sp³-hybridized carbons (Fsp3) is 0.824. The van der Waals surface area contributed by atoms with Crippen LogP contribution >= 0.6 is 0 Å². The van der Waals surface area contributed by atoms with Crippen molar-refractivity contribution < 1.29 is 43.0 Å². The summed E-state index contributed by atoms with van der Waals surface area (Å²) in [5.41, 5.74) is 5.41. The van der Waals surface area contributed by atoms with E-state index >= 15 is 0 Å². The van der Waals surface area contributed by atoms with Crippen LogP contribution in [0.3, 0.4) is 0 Å². The summed E-state index contributed by atoms with van der Waals surface area (Å²) in [5.74, 6) is -2.50. The minimum Gasteiger partial charge on any atom is -0.481 e. The van der Waals surface area contributed by atoms with Gasteiger partial charge < -0.3 is 39.6 Å². The molecule has 0 aliphatic heterocycles. The lowest BCUT2D eigenvalue weighted by atomic mass is 10.5. The molecule has 0 fully saturated rings. The van der Waals surface area contributed by atoms with Gasteiger partial charge >= 0.3 is 8.80 Å². The smallest absolute Gasteiger partial charge is 0.481 e. The molecule has 29 heavy (non-hydrogen) atoms. The Morgan fingerprint density at radius 1 is 0.793 bits per heavy atom. The van der Waals surface area contributed by atoms with Crippen LogP contribution in [0.25, 0.3) is 0 Å². The first kappa shape index (κ1) is 34.9. The van der Waals surface area contributed by atoms with Crippen LogP contribution in [0, 0.1) is 0 Å². The fourth-order valence-electron chi connectivity index (χ4n) is 1.66. The first-order valence-electron chi connectivity index (χ1n) is 9.35. The Balaban J connectivity index is -0.000000212. The quantitative estimate of drug-likeness (QED) is 0.216. The zero-order chi connectivity index (χ0) is 23.7. The number of rotatable bonds is 12. The van der Waals surface area contributed by atoms with E-state index in [0.717, 1.165) is 46.3 Å². The number of aliphatic carboxylic acids is 3. The molecule has 0 spiro atoms. The van der Waals surface area contributed by atoms with Gasteiger partial charge in [-0.2, -0.15) is 0 Å². The molecule has 0 aliphatic rings. The highest BCUT2D eigenvalue weighted by Crippen LogP contribution is 2.17. The van der Waals surface area contributed by atoms with E-state index < -0.39 is 26.7 Å². The third kappa shape index (κ3) is 46.4. The fourth-order valence-corrected chi connectivity index (χ4v) is 4.27. The van der Waals surface area contributed by atoms with Crippen LogP contribution in [0.15, 0.2) is 0 Å². The van der Waals surface area contributed by atoms with Crippen LogP contribution in [-0.4, -0.2) is 81.5 Å². The molecule has 0 atom stereocenters. The van der Waals surface area contributed by atoms with Gasteiger partial charge in [0.2, 0.25) is 0 Å². The first-order chi connectivity index (χ1) is 13.4. The second kappa shape index (κ2) is 26.4. The Kier molecular flexibility index (Phi) is 31.8. The summed E-state index contributed by atoms with van der Waals surface area (Å²) in [6.07, 6.45) is 0.992. The molecule has 0 aromatic heterocycles. The van der Waals surface area contributed by atoms with Crippen LogP contribution in [0.2, 0.25) is 6.04 Å². The molecule has 0 rings (SSSR count). The molecular weight excluding hydrogens is 404 g/mol. The second-order valence-electron chi connectivity index (χ2n) is 5.18. The van der Waals surface area contributed by atoms with E-state index in [1.807, 2.05) is 20.8 Å². The van der Waals surface area contributed by atoms with Gasteiger partial charge in [0.1, 0.15) is 0 Å². The summed E-state index contributed by atoms with van der Waals surface area (Å²) in [5, 5.41) is 25.5. The SMILES string of the molecule is CC(=O)O.CC(=O)O.CC(=O)O.CCO[Si](CCCNCCN)(OCC)OCC. The maximum absolute atomic E-state index is 9.00. The Morgan fingerprint density at radius 2 is 1.10 bits per heavy atom. The highest BCUT2D eigenvalue weighted by molar-refractivity contribution is 6.60. The van der Waals surface area contributed by atoms with Gasteiger partial charge in [0.25, 0.3) is 17.9 Å². The van der Waals surface area contributed by atoms with Crippen LogP contribution < -0.4 is 11.1 Å². The molecule has 0 bridgehead atoms. The van der Waals surface area contributed by atoms with Gasteiger partial charge in [-0.25, -0.2) is 0 Å². The third-order valence-electron chi connectivity index (χ3n) is 2.25. The van der Waals surface area contributed by atoms with E-state index in [0.29, 0.717) is 26.4 Å². The average molecular weight is 445 g/mol. The van der Waals surface area contributed by atoms with Crippen molar-refractivity contribution in [3.63, 3.8) is 0 Å². The minimum atomic E-state index is -2.43. The summed E-state index contributed by atoms with van der Waals surface area (Å²) in [6.45, 7) is 13.6. The molecule has 11 nitrogen and oxygen atoms in total. The van der Waals surface area contributed by atoms with Gasteiger partial charge in [-0.3, -0.25) is 14.4 Å². The molecule has 0 amide bonds. The predicted octanol–water partition coefficient (Wildman–Crippen LogP) is 1.25. The van der Waals surface area contributed by atoms with Gasteiger partial charge in [-0.05, 0) is 33.7 Å². The minimum absolute atomic E-state index is 0.641. The molecule has 6 N–H and O–H groups in total. The molecule has 0 aliphatic carbocycles. The molecule has 0 saturated heterocycles. The Hall–Kier alpha value is -1.57. The lowest BCUT2D eigenvalue weighted by Gasteiger charge is -2.28. The lowest BCUT2D eigenvalue weighted by molar-refractivity contribution is -0.135. The zero-order valence-electron chi connectivity index (χ0n) is 18.5. The van der Waals surface area contributed by atoms with E-state index in [-0.39, 0.29) is 0 Å². The summed E-state index contributed by atoms with van der Waals surface area (Å²) >= 11 is 0. The van der Waals surface area contributed by atoms with Crippen LogP contribution in [0.5, 0.6) is 0 Å². The number of hydrogen-bond donors (Lipinski definition) is 5. The van der Waals surface area contributed by atoms with Crippen molar-refractivity contribution in [2.45, 2.75) is 54.0 Å². The summed E-state index contributed by atoms with van der Waals surface area (Å²) in [6, 6.07) is 0.861. The molecule has 0 radical (unpaired) electrons. The molecular formula is C17H40N2O9Si. The van der Waals surface area contributed by atoms with Crippen molar-refractivity contribution in [1.29, 1.82) is 0 Å². The Bertz CT molecular complexity index is 342. The largest absolute Gasteiger partial charge is 0.500 e. The van der Waals surface area contributed by atoms with Crippen molar-refractivity contribution in [2.75, 3.05) is 39.5 Å². The van der Waals surface area contributed by atoms with Crippen molar-refractivity contribution in [3.05, 3.63) is 0 Å². The van der Waals surface area contributed by atoms with Gasteiger partial charge in [0.05, 0.1) is 0 Å². The Morgan fingerprint density at radius 3 is 1.34 bits per heavy atom. The first-order valence-corrected chi connectivity index (χ1v) is 11.3. The number of carboxylic acids is 3. The monoisotopic (exact) mass is 444 g/mol. The number of nitrogens with one attached hydrogen (secondary N) is 1.